The van der Waals surface area contributed by atoms with Gasteiger partial charge in [-0.05, 0) is 37.8 Å². The molecule has 3 rings (SSSR count). The van der Waals surface area contributed by atoms with E-state index in [4.69, 9.17) is 18.6 Å². The van der Waals surface area contributed by atoms with Crippen molar-refractivity contribution in [3.63, 3.8) is 0 Å². The predicted octanol–water partition coefficient (Wildman–Crippen LogP) is 2.62. The number of carbonyl (C=O) groups is 3. The van der Waals surface area contributed by atoms with Crippen LogP contribution < -0.4 is 20.1 Å². The highest BCUT2D eigenvalue weighted by atomic mass is 16.5. The maximum atomic E-state index is 12.7. The standard InChI is InChI=1S/C21H24N2O7/c1-12(13-6-7-13)22-19(24)11-30-21(26)14-9-17(27-2)18(28-3)10-15(14)23-20(25)16-5-4-8-29-16/h4-5,8-10,12-13H,6-7,11H2,1-3H3,(H,22,24)(H,23,25)/t12-/m0/s1. The Bertz CT molecular complexity index is 920. The molecule has 1 atom stereocenters. The maximum Gasteiger partial charge on any atom is 0.340 e. The number of ether oxygens (including phenoxy) is 3. The molecule has 2 aromatic rings. The van der Waals surface area contributed by atoms with Crippen molar-refractivity contribution in [2.45, 2.75) is 25.8 Å². The minimum absolute atomic E-state index is 0.00981. The zero-order valence-corrected chi connectivity index (χ0v) is 17.0. The Balaban J connectivity index is 1.75. The number of esters is 1. The van der Waals surface area contributed by atoms with Crippen molar-refractivity contribution < 1.29 is 33.0 Å². The molecule has 2 amide bonds. The summed E-state index contributed by atoms with van der Waals surface area (Å²) in [6.07, 6.45) is 3.54. The fraction of sp³-hybridized carbons (Fsp3) is 0.381. The van der Waals surface area contributed by atoms with Gasteiger partial charge in [0, 0.05) is 18.2 Å². The van der Waals surface area contributed by atoms with Crippen molar-refractivity contribution in [1.29, 1.82) is 0 Å². The first kappa shape index (κ1) is 21.2. The van der Waals surface area contributed by atoms with Crippen LogP contribution in [0, 0.1) is 5.92 Å². The molecule has 0 unspecified atom stereocenters. The van der Waals surface area contributed by atoms with Crippen LogP contribution in [0.5, 0.6) is 11.5 Å². The number of amides is 2. The first-order valence-corrected chi connectivity index (χ1v) is 9.50. The molecule has 0 spiro atoms. The summed E-state index contributed by atoms with van der Waals surface area (Å²) in [5.41, 5.74) is 0.140. The highest BCUT2D eigenvalue weighted by Crippen LogP contribution is 2.34. The molecule has 1 aliphatic carbocycles. The average Bonchev–Trinajstić information content (AvgIpc) is 3.45. The quantitative estimate of drug-likeness (QED) is 0.604. The second-order valence-electron chi connectivity index (χ2n) is 6.95. The Morgan fingerprint density at radius 2 is 1.87 bits per heavy atom. The average molecular weight is 416 g/mol. The second-order valence-corrected chi connectivity index (χ2v) is 6.95. The van der Waals surface area contributed by atoms with Crippen LogP contribution in [0.4, 0.5) is 5.69 Å². The Morgan fingerprint density at radius 1 is 1.17 bits per heavy atom. The number of nitrogens with one attached hydrogen (secondary N) is 2. The van der Waals surface area contributed by atoms with Crippen molar-refractivity contribution >= 4 is 23.5 Å². The predicted molar refractivity (Wildman–Crippen MR) is 107 cm³/mol. The smallest absolute Gasteiger partial charge is 0.340 e. The van der Waals surface area contributed by atoms with Crippen LogP contribution in [-0.2, 0) is 9.53 Å². The van der Waals surface area contributed by atoms with E-state index in [2.05, 4.69) is 10.6 Å². The molecule has 0 radical (unpaired) electrons. The third-order valence-corrected chi connectivity index (χ3v) is 4.79. The topological polar surface area (TPSA) is 116 Å². The van der Waals surface area contributed by atoms with E-state index >= 15 is 0 Å². The molecule has 1 heterocycles. The fourth-order valence-electron chi connectivity index (χ4n) is 2.96. The van der Waals surface area contributed by atoms with Crippen molar-refractivity contribution in [1.82, 2.24) is 5.32 Å². The minimum atomic E-state index is -0.792. The molecule has 1 aromatic carbocycles. The van der Waals surface area contributed by atoms with E-state index in [-0.39, 0.29) is 34.7 Å². The summed E-state index contributed by atoms with van der Waals surface area (Å²) >= 11 is 0. The van der Waals surface area contributed by atoms with E-state index in [1.165, 1.54) is 38.7 Å². The lowest BCUT2D eigenvalue weighted by molar-refractivity contribution is -0.124. The summed E-state index contributed by atoms with van der Waals surface area (Å²) in [4.78, 5) is 37.1. The zero-order valence-electron chi connectivity index (χ0n) is 17.0. The Hall–Kier alpha value is -3.49. The van der Waals surface area contributed by atoms with Gasteiger partial charge in [0.25, 0.3) is 11.8 Å². The SMILES string of the molecule is COc1cc(NC(=O)c2ccco2)c(C(=O)OCC(=O)N[C@@H](C)C2CC2)cc1OC. The summed E-state index contributed by atoms with van der Waals surface area (Å²) in [5, 5.41) is 5.41. The molecular formula is C21H24N2O7. The zero-order chi connectivity index (χ0) is 21.7. The summed E-state index contributed by atoms with van der Waals surface area (Å²) in [6, 6.07) is 5.91. The van der Waals surface area contributed by atoms with Gasteiger partial charge in [-0.3, -0.25) is 9.59 Å². The number of carbonyl (C=O) groups excluding carboxylic acids is 3. The monoisotopic (exact) mass is 416 g/mol. The van der Waals surface area contributed by atoms with Gasteiger partial charge in [-0.15, -0.1) is 0 Å². The van der Waals surface area contributed by atoms with Gasteiger partial charge in [-0.25, -0.2) is 4.79 Å². The number of hydrogen-bond acceptors (Lipinski definition) is 7. The first-order chi connectivity index (χ1) is 14.4. The third kappa shape index (κ3) is 5.11. The fourth-order valence-corrected chi connectivity index (χ4v) is 2.96. The lowest BCUT2D eigenvalue weighted by Gasteiger charge is -2.16. The van der Waals surface area contributed by atoms with Crippen LogP contribution in [0.15, 0.2) is 34.9 Å². The van der Waals surface area contributed by atoms with Gasteiger partial charge in [0.2, 0.25) is 0 Å². The van der Waals surface area contributed by atoms with E-state index < -0.39 is 18.5 Å². The lowest BCUT2D eigenvalue weighted by Crippen LogP contribution is -2.37. The molecule has 2 N–H and O–H groups in total. The van der Waals surface area contributed by atoms with Crippen LogP contribution >= 0.6 is 0 Å². The molecule has 30 heavy (non-hydrogen) atoms. The molecule has 0 saturated heterocycles. The first-order valence-electron chi connectivity index (χ1n) is 9.50. The van der Waals surface area contributed by atoms with Crippen LogP contribution in [0.1, 0.15) is 40.7 Å². The maximum absolute atomic E-state index is 12.7. The van der Waals surface area contributed by atoms with Gasteiger partial charge in [0.15, 0.2) is 23.9 Å². The number of methoxy groups -OCH3 is 2. The van der Waals surface area contributed by atoms with Gasteiger partial charge in [-0.1, -0.05) is 0 Å². The summed E-state index contributed by atoms with van der Waals surface area (Å²) in [7, 11) is 2.85. The molecule has 9 nitrogen and oxygen atoms in total. The number of benzene rings is 1. The number of anilines is 1. The van der Waals surface area contributed by atoms with Crippen molar-refractivity contribution in [3.05, 3.63) is 41.9 Å². The Kier molecular flexibility index (Phi) is 6.61. The van der Waals surface area contributed by atoms with Gasteiger partial charge in [0.05, 0.1) is 31.7 Å². The van der Waals surface area contributed by atoms with Crippen LogP contribution in [0.3, 0.4) is 0 Å². The van der Waals surface area contributed by atoms with Crippen molar-refractivity contribution in [2.75, 3.05) is 26.1 Å². The van der Waals surface area contributed by atoms with E-state index in [9.17, 15) is 14.4 Å². The molecule has 1 fully saturated rings. The Labute approximate surface area is 173 Å². The molecular weight excluding hydrogens is 392 g/mol. The third-order valence-electron chi connectivity index (χ3n) is 4.79. The van der Waals surface area contributed by atoms with Crippen LogP contribution in [0.25, 0.3) is 0 Å². The minimum Gasteiger partial charge on any atom is -0.493 e. The summed E-state index contributed by atoms with van der Waals surface area (Å²) in [5.74, 6) is -0.606. The van der Waals surface area contributed by atoms with Gasteiger partial charge in [0.1, 0.15) is 0 Å². The number of rotatable bonds is 9. The Morgan fingerprint density at radius 3 is 2.47 bits per heavy atom. The van der Waals surface area contributed by atoms with Gasteiger partial charge in [-0.2, -0.15) is 0 Å². The molecule has 0 bridgehead atoms. The van der Waals surface area contributed by atoms with Gasteiger partial charge >= 0.3 is 5.97 Å². The highest BCUT2D eigenvalue weighted by molar-refractivity contribution is 6.07. The normalized spacial score (nSPS) is 13.8. The molecule has 0 aliphatic heterocycles. The van der Waals surface area contributed by atoms with Crippen molar-refractivity contribution in [3.8, 4) is 11.5 Å². The van der Waals surface area contributed by atoms with E-state index in [0.29, 0.717) is 11.7 Å². The molecule has 1 aromatic heterocycles. The van der Waals surface area contributed by atoms with E-state index in [0.717, 1.165) is 12.8 Å². The number of furan rings is 1. The van der Waals surface area contributed by atoms with Crippen LogP contribution in [0.2, 0.25) is 0 Å². The highest BCUT2D eigenvalue weighted by Gasteiger charge is 2.29. The van der Waals surface area contributed by atoms with Crippen molar-refractivity contribution in [2.24, 2.45) is 5.92 Å². The van der Waals surface area contributed by atoms with Crippen LogP contribution in [-0.4, -0.2) is 44.7 Å². The number of hydrogen-bond donors (Lipinski definition) is 2. The van der Waals surface area contributed by atoms with E-state index in [1.807, 2.05) is 6.92 Å². The molecule has 160 valence electrons. The summed E-state index contributed by atoms with van der Waals surface area (Å²) in [6.45, 7) is 1.49. The largest absolute Gasteiger partial charge is 0.493 e. The summed E-state index contributed by atoms with van der Waals surface area (Å²) < 4.78 is 20.7. The molecule has 9 heteroatoms. The second kappa shape index (κ2) is 9.34. The molecule has 1 aliphatic rings. The van der Waals surface area contributed by atoms with E-state index in [1.54, 1.807) is 6.07 Å². The van der Waals surface area contributed by atoms with Gasteiger partial charge < -0.3 is 29.3 Å². The molecule has 1 saturated carbocycles. The lowest BCUT2D eigenvalue weighted by atomic mass is 10.1.